The van der Waals surface area contributed by atoms with Gasteiger partial charge in [-0.15, -0.1) is 0 Å². The normalized spacial score (nSPS) is 37.5. The Morgan fingerprint density at radius 2 is 2.36 bits per heavy atom. The lowest BCUT2D eigenvalue weighted by Crippen LogP contribution is -2.45. The molecule has 0 aliphatic carbocycles. The molecule has 1 N–H and O–H groups in total. The molecule has 0 aromatic heterocycles. The molecule has 0 aromatic carbocycles. The number of carboxylic acid groups (broad SMARTS) is 1. The molecule has 0 amide bonds. The summed E-state index contributed by atoms with van der Waals surface area (Å²) in [6.07, 6.45) is 3.84. The molecule has 0 aromatic rings. The number of aliphatic carboxylic acids is 1. The third-order valence-corrected chi connectivity index (χ3v) is 3.71. The Hall–Kier alpha value is -0.220. The average molecular weight is 176 g/mol. The average Bonchev–Trinajstić information content (AvgIpc) is 2.32. The topological polar surface area (TPSA) is 37.3 Å². The number of likely N-dealkylation sites (N-methyl/N-ethyl adjacent to an activating group) is 1. The van der Waals surface area contributed by atoms with E-state index >= 15 is 0 Å². The van der Waals surface area contributed by atoms with Crippen LogP contribution in [0, 0.1) is 0 Å². The Kier molecular flexibility index (Phi) is 2.44. The van der Waals surface area contributed by atoms with Gasteiger partial charge < -0.3 is 5.11 Å². The number of hydrogen-bond donors (Lipinski definition) is 1. The van der Waals surface area contributed by atoms with Crippen molar-refractivity contribution < 1.29 is 13.8 Å². The van der Waals surface area contributed by atoms with E-state index in [1.54, 1.807) is 11.9 Å². The van der Waals surface area contributed by atoms with Crippen molar-refractivity contribution >= 4 is 17.9 Å². The van der Waals surface area contributed by atoms with E-state index in [0.717, 1.165) is 19.4 Å². The maximum absolute atomic E-state index is 10.7. The Bertz CT molecular complexity index is 174. The van der Waals surface area contributed by atoms with Gasteiger partial charge in [0.1, 0.15) is 0 Å². The first-order chi connectivity index (χ1) is 5.10. The lowest BCUT2D eigenvalue weighted by Gasteiger charge is -2.29. The van der Waals surface area contributed by atoms with Crippen molar-refractivity contribution in [3.8, 4) is 0 Å². The van der Waals surface area contributed by atoms with Gasteiger partial charge in [-0.05, 0) is 0 Å². The Morgan fingerprint density at radius 3 is 2.73 bits per heavy atom. The molecule has 3 nitrogen and oxygen atoms in total. The second-order valence-electron chi connectivity index (χ2n) is 3.08. The predicted molar refractivity (Wildman–Crippen MR) is 45.2 cm³/mol. The van der Waals surface area contributed by atoms with E-state index in [-0.39, 0.29) is 6.04 Å². The van der Waals surface area contributed by atoms with Gasteiger partial charge in [-0.25, -0.2) is 4.79 Å². The molecule has 1 rings (SSSR count). The van der Waals surface area contributed by atoms with E-state index in [4.69, 9.17) is 5.11 Å². The quantitative estimate of drug-likeness (QED) is 0.503. The van der Waals surface area contributed by atoms with Crippen LogP contribution in [-0.2, 0) is 4.79 Å². The van der Waals surface area contributed by atoms with Crippen LogP contribution < -0.4 is 0 Å². The molecule has 11 heavy (non-hydrogen) atoms. The summed E-state index contributed by atoms with van der Waals surface area (Å²) in [6, 6.07) is -0.190. The van der Waals surface area contributed by atoms with Crippen molar-refractivity contribution in [2.24, 2.45) is 0 Å². The molecule has 0 radical (unpaired) electrons. The fraction of sp³-hybridized carbons (Fsp3) is 0.857. The zero-order valence-electron chi connectivity index (χ0n) is 6.91. The number of carbonyl (C=O) groups is 1. The molecule has 0 spiro atoms. The van der Waals surface area contributed by atoms with E-state index in [9.17, 15) is 4.79 Å². The number of rotatable bonds is 2. The number of carboxylic acids is 1. The maximum atomic E-state index is 10.7. The van der Waals surface area contributed by atoms with Crippen LogP contribution in [0.15, 0.2) is 0 Å². The fourth-order valence-electron chi connectivity index (χ4n) is 1.60. The highest BCUT2D eigenvalue weighted by Gasteiger charge is 2.43. The molecule has 1 heterocycles. The van der Waals surface area contributed by atoms with Crippen molar-refractivity contribution in [2.75, 3.05) is 19.8 Å². The van der Waals surface area contributed by atoms with Gasteiger partial charge in [0.15, 0.2) is 6.04 Å². The van der Waals surface area contributed by atoms with Crippen molar-refractivity contribution in [2.45, 2.75) is 18.9 Å². The van der Waals surface area contributed by atoms with E-state index < -0.39 is 5.97 Å². The van der Waals surface area contributed by atoms with Crippen molar-refractivity contribution in [1.82, 2.24) is 0 Å². The maximum Gasteiger partial charge on any atom is 0.363 e. The number of nitrogens with zero attached hydrogens (tertiary/aromatic N) is 1. The molecule has 1 unspecified atom stereocenters. The summed E-state index contributed by atoms with van der Waals surface area (Å²) < 4.78 is 0.634. The molecule has 1 fully saturated rings. The highest BCUT2D eigenvalue weighted by atomic mass is 32.2. The van der Waals surface area contributed by atoms with Crippen molar-refractivity contribution in [3.05, 3.63) is 0 Å². The summed E-state index contributed by atoms with van der Waals surface area (Å²) in [6.45, 7) is 0.984. The first-order valence-corrected chi connectivity index (χ1v) is 4.92. The van der Waals surface area contributed by atoms with E-state index in [2.05, 4.69) is 0 Å². The van der Waals surface area contributed by atoms with Crippen molar-refractivity contribution in [3.63, 3.8) is 0 Å². The smallest absolute Gasteiger partial charge is 0.363 e. The predicted octanol–water partition coefficient (Wildman–Crippen LogP) is 0.958. The molecule has 0 bridgehead atoms. The molecule has 64 valence electrons. The van der Waals surface area contributed by atoms with Gasteiger partial charge in [-0.1, -0.05) is 0 Å². The third kappa shape index (κ3) is 1.51. The molecule has 1 aliphatic heterocycles. The minimum absolute atomic E-state index is 0.190. The van der Waals surface area contributed by atoms with Crippen LogP contribution >= 0.6 is 11.9 Å². The van der Waals surface area contributed by atoms with Crippen LogP contribution in [0.1, 0.15) is 12.8 Å². The van der Waals surface area contributed by atoms with E-state index in [0.29, 0.717) is 3.89 Å². The highest BCUT2D eigenvalue weighted by molar-refractivity contribution is 7.93. The van der Waals surface area contributed by atoms with Gasteiger partial charge in [0.25, 0.3) is 0 Å². The fourth-order valence-corrected chi connectivity index (χ4v) is 2.36. The Morgan fingerprint density at radius 1 is 1.73 bits per heavy atom. The highest BCUT2D eigenvalue weighted by Crippen LogP contribution is 2.31. The lowest BCUT2D eigenvalue weighted by molar-refractivity contribution is -0.777. The van der Waals surface area contributed by atoms with Gasteiger partial charge in [0.2, 0.25) is 0 Å². The number of hydrogen-bond acceptors (Lipinski definition) is 2. The van der Waals surface area contributed by atoms with E-state index in [1.165, 1.54) is 0 Å². The van der Waals surface area contributed by atoms with Crippen LogP contribution in [0.5, 0.6) is 0 Å². The largest absolute Gasteiger partial charge is 0.477 e. The second-order valence-corrected chi connectivity index (χ2v) is 4.28. The number of likely N-dealkylation sites (tertiary alicyclic amines) is 1. The van der Waals surface area contributed by atoms with Gasteiger partial charge in [0, 0.05) is 19.1 Å². The third-order valence-electron chi connectivity index (χ3n) is 2.44. The SMILES string of the molecule is CS[N+]1(C)CCC[C@H]1C(=O)O. The first-order valence-electron chi connectivity index (χ1n) is 3.74. The summed E-state index contributed by atoms with van der Waals surface area (Å²) in [4.78, 5) is 10.7. The molecule has 0 saturated carbocycles. The number of quaternary nitrogens is 1. The second kappa shape index (κ2) is 3.03. The Balaban J connectivity index is 2.72. The van der Waals surface area contributed by atoms with Crippen molar-refractivity contribution in [1.29, 1.82) is 0 Å². The zero-order chi connectivity index (χ0) is 8.48. The molecule has 2 atom stereocenters. The molecule has 1 saturated heterocycles. The van der Waals surface area contributed by atoms with Gasteiger partial charge >= 0.3 is 5.97 Å². The Labute approximate surface area is 71.1 Å². The van der Waals surface area contributed by atoms with Crippen LogP contribution in [0.4, 0.5) is 0 Å². The summed E-state index contributed by atoms with van der Waals surface area (Å²) in [5, 5.41) is 8.85. The van der Waals surface area contributed by atoms with E-state index in [1.807, 2.05) is 13.3 Å². The monoisotopic (exact) mass is 176 g/mol. The minimum Gasteiger partial charge on any atom is -0.477 e. The molecular formula is C7H14NO2S+. The molecule has 1 aliphatic rings. The van der Waals surface area contributed by atoms with Crippen LogP contribution in [0.3, 0.4) is 0 Å². The first kappa shape index (κ1) is 8.87. The molecular weight excluding hydrogens is 162 g/mol. The summed E-state index contributed by atoms with van der Waals surface area (Å²) in [5.41, 5.74) is 0. The van der Waals surface area contributed by atoms with Crippen LogP contribution in [0.2, 0.25) is 0 Å². The zero-order valence-corrected chi connectivity index (χ0v) is 7.73. The minimum atomic E-state index is -0.653. The summed E-state index contributed by atoms with van der Waals surface area (Å²) in [5.74, 6) is -0.653. The van der Waals surface area contributed by atoms with Gasteiger partial charge in [-0.2, -0.15) is 0 Å². The van der Waals surface area contributed by atoms with Gasteiger partial charge in [0.05, 0.1) is 25.5 Å². The standard InChI is InChI=1S/C7H13NO2S/c1-8(11-2)5-3-4-6(8)7(9)10/h6H,3-5H2,1-2H3/p+1/t6-,8?/m0/s1. The lowest BCUT2D eigenvalue weighted by atomic mass is 10.2. The molecule has 4 heteroatoms. The summed E-state index contributed by atoms with van der Waals surface area (Å²) >= 11 is 1.63. The van der Waals surface area contributed by atoms with Crippen LogP contribution in [-0.4, -0.2) is 40.9 Å². The summed E-state index contributed by atoms with van der Waals surface area (Å²) in [7, 11) is 2.00. The van der Waals surface area contributed by atoms with Gasteiger partial charge in [-0.3, -0.25) is 3.89 Å². The van der Waals surface area contributed by atoms with Crippen LogP contribution in [0.25, 0.3) is 0 Å².